The van der Waals surface area contributed by atoms with Gasteiger partial charge >= 0.3 is 0 Å². The van der Waals surface area contributed by atoms with Gasteiger partial charge in [-0.1, -0.05) is 0 Å². The number of halogens is 1. The lowest BCUT2D eigenvalue weighted by Gasteiger charge is -2.08. The van der Waals surface area contributed by atoms with Crippen LogP contribution in [0.15, 0.2) is 12.3 Å². The molecule has 0 radical (unpaired) electrons. The third-order valence-corrected chi connectivity index (χ3v) is 3.05. The SMILES string of the molecule is Cn1ccc(C(=O)NCC(Cl)C2CC2)n1. The van der Waals surface area contributed by atoms with Crippen molar-refractivity contribution >= 4 is 17.5 Å². The van der Waals surface area contributed by atoms with Crippen LogP contribution in [0.1, 0.15) is 23.3 Å². The van der Waals surface area contributed by atoms with Crippen LogP contribution in [0.3, 0.4) is 0 Å². The summed E-state index contributed by atoms with van der Waals surface area (Å²) < 4.78 is 1.61. The number of aromatic nitrogens is 2. The molecule has 82 valence electrons. The van der Waals surface area contributed by atoms with E-state index in [4.69, 9.17) is 11.6 Å². The highest BCUT2D eigenvalue weighted by Gasteiger charge is 2.29. The summed E-state index contributed by atoms with van der Waals surface area (Å²) in [5.41, 5.74) is 0.442. The first kappa shape index (κ1) is 10.5. The van der Waals surface area contributed by atoms with Crippen molar-refractivity contribution in [2.24, 2.45) is 13.0 Å². The van der Waals surface area contributed by atoms with E-state index in [2.05, 4.69) is 10.4 Å². The number of amides is 1. The maximum Gasteiger partial charge on any atom is 0.271 e. The van der Waals surface area contributed by atoms with Gasteiger partial charge in [-0.05, 0) is 24.8 Å². The first-order valence-electron chi connectivity index (χ1n) is 5.09. The third kappa shape index (κ3) is 2.72. The molecule has 0 bridgehead atoms. The smallest absolute Gasteiger partial charge is 0.271 e. The molecule has 1 amide bonds. The zero-order chi connectivity index (χ0) is 10.8. The molecule has 15 heavy (non-hydrogen) atoms. The number of hydrogen-bond donors (Lipinski definition) is 1. The van der Waals surface area contributed by atoms with Crippen LogP contribution in [0.2, 0.25) is 0 Å². The van der Waals surface area contributed by atoms with E-state index in [1.54, 1.807) is 24.0 Å². The molecule has 1 atom stereocenters. The molecule has 1 fully saturated rings. The first-order valence-corrected chi connectivity index (χ1v) is 5.52. The summed E-state index contributed by atoms with van der Waals surface area (Å²) in [6.07, 6.45) is 4.12. The number of aryl methyl sites for hydroxylation is 1. The van der Waals surface area contributed by atoms with E-state index >= 15 is 0 Å². The standard InChI is InChI=1S/C10H14ClN3O/c1-14-5-4-9(13-14)10(15)12-6-8(11)7-2-3-7/h4-5,7-8H,2-3,6H2,1H3,(H,12,15). The third-order valence-electron chi connectivity index (χ3n) is 2.54. The fourth-order valence-corrected chi connectivity index (χ4v) is 1.77. The summed E-state index contributed by atoms with van der Waals surface area (Å²) in [4.78, 5) is 11.6. The summed E-state index contributed by atoms with van der Waals surface area (Å²) in [6, 6.07) is 1.69. The van der Waals surface area contributed by atoms with Crippen LogP contribution < -0.4 is 5.32 Å². The summed E-state index contributed by atoms with van der Waals surface area (Å²) in [6.45, 7) is 0.529. The second kappa shape index (κ2) is 4.23. The molecule has 1 aromatic rings. The zero-order valence-electron chi connectivity index (χ0n) is 8.61. The molecule has 2 rings (SSSR count). The molecule has 1 aliphatic rings. The molecule has 0 aliphatic heterocycles. The van der Waals surface area contributed by atoms with Crippen molar-refractivity contribution in [2.45, 2.75) is 18.2 Å². The molecule has 1 aromatic heterocycles. The van der Waals surface area contributed by atoms with Crippen molar-refractivity contribution < 1.29 is 4.79 Å². The van der Waals surface area contributed by atoms with Crippen LogP contribution in [-0.2, 0) is 7.05 Å². The van der Waals surface area contributed by atoms with Gasteiger partial charge in [-0.2, -0.15) is 5.10 Å². The highest BCUT2D eigenvalue weighted by atomic mass is 35.5. The van der Waals surface area contributed by atoms with Gasteiger partial charge in [-0.25, -0.2) is 0 Å². The topological polar surface area (TPSA) is 46.9 Å². The lowest BCUT2D eigenvalue weighted by molar-refractivity contribution is 0.0947. The Morgan fingerprint density at radius 3 is 3.07 bits per heavy atom. The summed E-state index contributed by atoms with van der Waals surface area (Å²) >= 11 is 6.07. The summed E-state index contributed by atoms with van der Waals surface area (Å²) in [5.74, 6) is 0.442. The van der Waals surface area contributed by atoms with Gasteiger partial charge in [-0.15, -0.1) is 11.6 Å². The van der Waals surface area contributed by atoms with Crippen molar-refractivity contribution in [3.8, 4) is 0 Å². The largest absolute Gasteiger partial charge is 0.349 e. The highest BCUT2D eigenvalue weighted by Crippen LogP contribution is 2.35. The number of alkyl halides is 1. The predicted molar refractivity (Wildman–Crippen MR) is 57.9 cm³/mol. The Hall–Kier alpha value is -1.03. The number of rotatable bonds is 4. The molecule has 0 saturated heterocycles. The highest BCUT2D eigenvalue weighted by molar-refractivity contribution is 6.21. The molecule has 4 nitrogen and oxygen atoms in total. The van der Waals surface area contributed by atoms with Gasteiger partial charge in [0.1, 0.15) is 5.69 Å². The van der Waals surface area contributed by atoms with Gasteiger partial charge < -0.3 is 5.32 Å². The van der Waals surface area contributed by atoms with Crippen LogP contribution in [0.4, 0.5) is 0 Å². The molecule has 1 heterocycles. The average Bonchev–Trinajstić information content (AvgIpc) is 2.97. The molecule has 1 N–H and O–H groups in total. The number of nitrogens with one attached hydrogen (secondary N) is 1. The molecule has 0 aromatic carbocycles. The second-order valence-electron chi connectivity index (χ2n) is 3.94. The van der Waals surface area contributed by atoms with Gasteiger partial charge in [-0.3, -0.25) is 9.48 Å². The lowest BCUT2D eigenvalue weighted by atomic mass is 10.3. The number of carbonyl (C=O) groups is 1. The van der Waals surface area contributed by atoms with Crippen LogP contribution in [0.25, 0.3) is 0 Å². The quantitative estimate of drug-likeness (QED) is 0.785. The Bertz CT molecular complexity index is 359. The van der Waals surface area contributed by atoms with E-state index in [0.717, 1.165) is 0 Å². The van der Waals surface area contributed by atoms with Crippen LogP contribution in [0.5, 0.6) is 0 Å². The molecular formula is C10H14ClN3O. The lowest BCUT2D eigenvalue weighted by Crippen LogP contribution is -2.30. The molecule has 0 spiro atoms. The normalized spacial score (nSPS) is 17.5. The van der Waals surface area contributed by atoms with Gasteiger partial charge in [0.15, 0.2) is 0 Å². The van der Waals surface area contributed by atoms with E-state index in [1.165, 1.54) is 12.8 Å². The van der Waals surface area contributed by atoms with Crippen LogP contribution in [0, 0.1) is 5.92 Å². The number of hydrogen-bond acceptors (Lipinski definition) is 2. The number of carbonyl (C=O) groups excluding carboxylic acids is 1. The Labute approximate surface area is 93.6 Å². The van der Waals surface area contributed by atoms with E-state index < -0.39 is 0 Å². The van der Waals surface area contributed by atoms with Gasteiger partial charge in [0.25, 0.3) is 5.91 Å². The van der Waals surface area contributed by atoms with Gasteiger partial charge in [0.05, 0.1) is 5.38 Å². The minimum atomic E-state index is -0.151. The monoisotopic (exact) mass is 227 g/mol. The first-order chi connectivity index (χ1) is 7.16. The molecule has 1 unspecified atom stereocenters. The number of nitrogens with zero attached hydrogens (tertiary/aromatic N) is 2. The Kier molecular flexibility index (Phi) is 2.95. The Balaban J connectivity index is 1.81. The van der Waals surface area contributed by atoms with E-state index in [9.17, 15) is 4.79 Å². The fourth-order valence-electron chi connectivity index (χ4n) is 1.44. The van der Waals surface area contributed by atoms with E-state index in [1.807, 2.05) is 0 Å². The van der Waals surface area contributed by atoms with Crippen molar-refractivity contribution in [1.29, 1.82) is 0 Å². The van der Waals surface area contributed by atoms with Crippen molar-refractivity contribution in [2.75, 3.05) is 6.54 Å². The van der Waals surface area contributed by atoms with E-state index in [0.29, 0.717) is 18.2 Å². The van der Waals surface area contributed by atoms with Gasteiger partial charge in [0, 0.05) is 19.8 Å². The van der Waals surface area contributed by atoms with Crippen LogP contribution in [-0.4, -0.2) is 27.6 Å². The van der Waals surface area contributed by atoms with Crippen LogP contribution >= 0.6 is 11.6 Å². The van der Waals surface area contributed by atoms with Gasteiger partial charge in [0.2, 0.25) is 0 Å². The second-order valence-corrected chi connectivity index (χ2v) is 4.50. The maximum atomic E-state index is 11.6. The predicted octanol–water partition coefficient (Wildman–Crippen LogP) is 1.17. The van der Waals surface area contributed by atoms with Crippen molar-refractivity contribution in [1.82, 2.24) is 15.1 Å². The maximum absolute atomic E-state index is 11.6. The summed E-state index contributed by atoms with van der Waals surface area (Å²) in [5, 5.41) is 6.86. The molecule has 5 heteroatoms. The summed E-state index contributed by atoms with van der Waals surface area (Å²) in [7, 11) is 1.78. The Morgan fingerprint density at radius 1 is 1.80 bits per heavy atom. The van der Waals surface area contributed by atoms with Crippen molar-refractivity contribution in [3.05, 3.63) is 18.0 Å². The minimum Gasteiger partial charge on any atom is -0.349 e. The average molecular weight is 228 g/mol. The Morgan fingerprint density at radius 2 is 2.53 bits per heavy atom. The van der Waals surface area contributed by atoms with Crippen molar-refractivity contribution in [3.63, 3.8) is 0 Å². The zero-order valence-corrected chi connectivity index (χ0v) is 9.37. The fraction of sp³-hybridized carbons (Fsp3) is 0.600. The molecular weight excluding hydrogens is 214 g/mol. The molecule has 1 saturated carbocycles. The molecule has 1 aliphatic carbocycles. The minimum absolute atomic E-state index is 0.0673. The van der Waals surface area contributed by atoms with E-state index in [-0.39, 0.29) is 11.3 Å².